The summed E-state index contributed by atoms with van der Waals surface area (Å²) in [5.74, 6) is -0.724. The van der Waals surface area contributed by atoms with Crippen LogP contribution < -0.4 is 11.5 Å². The van der Waals surface area contributed by atoms with Gasteiger partial charge in [-0.1, -0.05) is 48.0 Å². The molecular weight excluding hydrogens is 322 g/mol. The summed E-state index contributed by atoms with van der Waals surface area (Å²) in [7, 11) is 0. The quantitative estimate of drug-likeness (QED) is 0.550. The van der Waals surface area contributed by atoms with Crippen LogP contribution in [0.4, 0.5) is 0 Å². The molecule has 0 aromatic heterocycles. The van der Waals surface area contributed by atoms with Crippen LogP contribution in [0, 0.1) is 6.92 Å². The third-order valence-corrected chi connectivity index (χ3v) is 4.17. The van der Waals surface area contributed by atoms with Crippen molar-refractivity contribution in [1.82, 2.24) is 0 Å². The van der Waals surface area contributed by atoms with E-state index in [0.717, 1.165) is 27.5 Å². The Labute approximate surface area is 144 Å². The van der Waals surface area contributed by atoms with Gasteiger partial charge in [-0.05, 0) is 47.0 Å². The summed E-state index contributed by atoms with van der Waals surface area (Å²) in [6.45, 7) is 2.01. The average Bonchev–Trinajstić information content (AvgIpc) is 2.53. The van der Waals surface area contributed by atoms with Crippen LogP contribution in [0.3, 0.4) is 0 Å². The standard InChI is InChI=1S/C19H16ClN3O/c1-11-4-2-7-16(20)17(11)14-6-3-5-12-8-9-13(10-15(12)14)18(24)23-19(21)22/h2-10H,1H3,(H4,21,22,23,24). The van der Waals surface area contributed by atoms with Gasteiger partial charge in [0.05, 0.1) is 0 Å². The van der Waals surface area contributed by atoms with Crippen molar-refractivity contribution in [1.29, 1.82) is 0 Å². The fourth-order valence-electron chi connectivity index (χ4n) is 2.78. The lowest BCUT2D eigenvalue weighted by Crippen LogP contribution is -2.24. The van der Waals surface area contributed by atoms with E-state index in [9.17, 15) is 4.79 Å². The number of aryl methyl sites for hydroxylation is 1. The molecule has 0 unspecified atom stereocenters. The Bertz CT molecular complexity index is 955. The molecular formula is C19H16ClN3O. The largest absolute Gasteiger partial charge is 0.370 e. The van der Waals surface area contributed by atoms with Crippen LogP contribution in [0.1, 0.15) is 15.9 Å². The minimum Gasteiger partial charge on any atom is -0.370 e. The molecule has 0 aliphatic carbocycles. The van der Waals surface area contributed by atoms with E-state index in [1.165, 1.54) is 0 Å². The second-order valence-corrected chi connectivity index (χ2v) is 5.92. The number of benzene rings is 3. The maximum absolute atomic E-state index is 12.1. The molecule has 3 rings (SSSR count). The Balaban J connectivity index is 2.26. The number of guanidine groups is 1. The molecule has 5 heteroatoms. The first kappa shape index (κ1) is 16.0. The van der Waals surface area contributed by atoms with Crippen LogP contribution in [0.25, 0.3) is 21.9 Å². The van der Waals surface area contributed by atoms with Gasteiger partial charge in [-0.25, -0.2) is 0 Å². The molecule has 0 saturated carbocycles. The number of nitrogens with zero attached hydrogens (tertiary/aromatic N) is 1. The number of halogens is 1. The van der Waals surface area contributed by atoms with Gasteiger partial charge >= 0.3 is 0 Å². The molecule has 120 valence electrons. The van der Waals surface area contributed by atoms with Crippen molar-refractivity contribution in [3.05, 3.63) is 70.7 Å². The molecule has 0 saturated heterocycles. The summed E-state index contributed by atoms with van der Waals surface area (Å²) in [4.78, 5) is 15.7. The predicted octanol–water partition coefficient (Wildman–Crippen LogP) is 3.88. The van der Waals surface area contributed by atoms with Crippen LogP contribution in [-0.2, 0) is 0 Å². The summed E-state index contributed by atoms with van der Waals surface area (Å²) in [6, 6.07) is 17.1. The highest BCUT2D eigenvalue weighted by molar-refractivity contribution is 6.34. The fourth-order valence-corrected chi connectivity index (χ4v) is 3.10. The fraction of sp³-hybridized carbons (Fsp3) is 0.0526. The maximum Gasteiger partial charge on any atom is 0.280 e. The molecule has 0 bridgehead atoms. The van der Waals surface area contributed by atoms with E-state index in [2.05, 4.69) is 4.99 Å². The second kappa shape index (κ2) is 6.34. The van der Waals surface area contributed by atoms with E-state index in [4.69, 9.17) is 23.1 Å². The predicted molar refractivity (Wildman–Crippen MR) is 99.3 cm³/mol. The van der Waals surface area contributed by atoms with Crippen molar-refractivity contribution in [2.24, 2.45) is 16.5 Å². The molecule has 0 aliphatic rings. The van der Waals surface area contributed by atoms with E-state index < -0.39 is 5.91 Å². The first-order chi connectivity index (χ1) is 11.5. The van der Waals surface area contributed by atoms with Crippen molar-refractivity contribution >= 4 is 34.2 Å². The van der Waals surface area contributed by atoms with Crippen molar-refractivity contribution < 1.29 is 4.79 Å². The first-order valence-electron chi connectivity index (χ1n) is 7.39. The summed E-state index contributed by atoms with van der Waals surface area (Å²) >= 11 is 6.41. The molecule has 0 heterocycles. The van der Waals surface area contributed by atoms with E-state index in [1.54, 1.807) is 12.1 Å². The number of carbonyl (C=O) groups is 1. The van der Waals surface area contributed by atoms with Crippen LogP contribution in [0.2, 0.25) is 5.02 Å². The van der Waals surface area contributed by atoms with Crippen LogP contribution in [0.5, 0.6) is 0 Å². The zero-order valence-corrected chi connectivity index (χ0v) is 13.8. The molecule has 24 heavy (non-hydrogen) atoms. The molecule has 4 N–H and O–H groups in total. The molecule has 0 atom stereocenters. The lowest BCUT2D eigenvalue weighted by Gasteiger charge is -2.12. The number of hydrogen-bond acceptors (Lipinski definition) is 1. The van der Waals surface area contributed by atoms with Crippen LogP contribution >= 0.6 is 11.6 Å². The SMILES string of the molecule is Cc1cccc(Cl)c1-c1cccc2ccc(C(=O)N=C(N)N)cc12. The number of rotatable bonds is 2. The smallest absolute Gasteiger partial charge is 0.280 e. The van der Waals surface area contributed by atoms with E-state index in [1.807, 2.05) is 49.4 Å². The lowest BCUT2D eigenvalue weighted by molar-refractivity contribution is 0.100. The third kappa shape index (κ3) is 2.96. The van der Waals surface area contributed by atoms with Crippen molar-refractivity contribution in [2.45, 2.75) is 6.92 Å². The zero-order chi connectivity index (χ0) is 17.3. The Hall–Kier alpha value is -2.85. The van der Waals surface area contributed by atoms with Gasteiger partial charge in [-0.15, -0.1) is 0 Å². The van der Waals surface area contributed by atoms with Crippen molar-refractivity contribution in [3.8, 4) is 11.1 Å². The minimum atomic E-state index is -0.470. The highest BCUT2D eigenvalue weighted by Crippen LogP contribution is 2.36. The van der Waals surface area contributed by atoms with Gasteiger partial charge in [-0.3, -0.25) is 4.79 Å². The highest BCUT2D eigenvalue weighted by Gasteiger charge is 2.12. The molecule has 0 aliphatic heterocycles. The van der Waals surface area contributed by atoms with Gasteiger partial charge in [-0.2, -0.15) is 4.99 Å². The van der Waals surface area contributed by atoms with Gasteiger partial charge in [0.1, 0.15) is 0 Å². The molecule has 4 nitrogen and oxygen atoms in total. The minimum absolute atomic E-state index is 0.254. The topological polar surface area (TPSA) is 81.5 Å². The number of nitrogens with two attached hydrogens (primary N) is 2. The number of hydrogen-bond donors (Lipinski definition) is 2. The number of carbonyl (C=O) groups excluding carboxylic acids is 1. The molecule has 3 aromatic rings. The van der Waals surface area contributed by atoms with Crippen LogP contribution in [0.15, 0.2) is 59.6 Å². The van der Waals surface area contributed by atoms with Gasteiger partial charge in [0.2, 0.25) is 0 Å². The Morgan fingerprint density at radius 3 is 2.50 bits per heavy atom. The Kier molecular flexibility index (Phi) is 4.23. The van der Waals surface area contributed by atoms with Crippen LogP contribution in [-0.4, -0.2) is 11.9 Å². The highest BCUT2D eigenvalue weighted by atomic mass is 35.5. The van der Waals surface area contributed by atoms with Crippen molar-refractivity contribution in [3.63, 3.8) is 0 Å². The number of fused-ring (bicyclic) bond motifs is 1. The summed E-state index contributed by atoms with van der Waals surface area (Å²) < 4.78 is 0. The van der Waals surface area contributed by atoms with E-state index >= 15 is 0 Å². The van der Waals surface area contributed by atoms with Gasteiger partial charge < -0.3 is 11.5 Å². The Morgan fingerprint density at radius 1 is 1.04 bits per heavy atom. The molecule has 3 aromatic carbocycles. The van der Waals surface area contributed by atoms with Gasteiger partial charge in [0.25, 0.3) is 5.91 Å². The van der Waals surface area contributed by atoms with E-state index in [0.29, 0.717) is 10.6 Å². The molecule has 0 fully saturated rings. The average molecular weight is 338 g/mol. The van der Waals surface area contributed by atoms with Gasteiger partial charge in [0, 0.05) is 16.1 Å². The third-order valence-electron chi connectivity index (χ3n) is 3.85. The van der Waals surface area contributed by atoms with Crippen molar-refractivity contribution in [2.75, 3.05) is 0 Å². The van der Waals surface area contributed by atoms with Gasteiger partial charge in [0.15, 0.2) is 5.96 Å². The summed E-state index contributed by atoms with van der Waals surface area (Å²) in [5.41, 5.74) is 14.0. The molecule has 1 amide bonds. The lowest BCUT2D eigenvalue weighted by atomic mass is 9.94. The molecule has 0 spiro atoms. The second-order valence-electron chi connectivity index (χ2n) is 5.52. The Morgan fingerprint density at radius 2 is 1.79 bits per heavy atom. The zero-order valence-electron chi connectivity index (χ0n) is 13.1. The summed E-state index contributed by atoms with van der Waals surface area (Å²) in [5, 5.41) is 2.60. The summed E-state index contributed by atoms with van der Waals surface area (Å²) in [6.07, 6.45) is 0. The number of amides is 1. The van der Waals surface area contributed by atoms with E-state index in [-0.39, 0.29) is 5.96 Å². The molecule has 0 radical (unpaired) electrons. The normalized spacial score (nSPS) is 10.6. The first-order valence-corrected chi connectivity index (χ1v) is 7.77. The maximum atomic E-state index is 12.1. The monoisotopic (exact) mass is 337 g/mol. The number of aliphatic imine (C=N–C) groups is 1.